The Labute approximate surface area is 159 Å². The van der Waals surface area contributed by atoms with Gasteiger partial charge in [-0.1, -0.05) is 11.6 Å². The molecule has 1 fully saturated rings. The smallest absolute Gasteiger partial charge is 0.336 e. The van der Waals surface area contributed by atoms with Gasteiger partial charge in [0.2, 0.25) is 0 Å². The van der Waals surface area contributed by atoms with Crippen LogP contribution in [0.4, 0.5) is 0 Å². The zero-order valence-corrected chi connectivity index (χ0v) is 16.4. The largest absolute Gasteiger partial charge is 0.460 e. The quantitative estimate of drug-likeness (QED) is 0.546. The van der Waals surface area contributed by atoms with Crippen LogP contribution in [-0.4, -0.2) is 36.9 Å². The molecule has 0 amide bonds. The second kappa shape index (κ2) is 7.62. The van der Waals surface area contributed by atoms with Crippen LogP contribution in [0.15, 0.2) is 27.4 Å². The minimum atomic E-state index is -2.97. The highest BCUT2D eigenvalue weighted by Crippen LogP contribution is 2.26. The van der Waals surface area contributed by atoms with Crippen molar-refractivity contribution in [2.24, 2.45) is 0 Å². The van der Waals surface area contributed by atoms with E-state index in [1.807, 2.05) is 0 Å². The first kappa shape index (κ1) is 19.3. The number of carbonyl (C=O) groups excluding carboxylic acids is 1. The molecular formula is C17H17ClO6S2. The number of hydrogen-bond donors (Lipinski definition) is 0. The summed E-state index contributed by atoms with van der Waals surface area (Å²) < 4.78 is 33.3. The van der Waals surface area contributed by atoms with E-state index in [4.69, 9.17) is 20.8 Å². The van der Waals surface area contributed by atoms with E-state index in [2.05, 4.69) is 0 Å². The Morgan fingerprint density at radius 3 is 2.85 bits per heavy atom. The van der Waals surface area contributed by atoms with Gasteiger partial charge in [0.05, 0.1) is 17.3 Å². The van der Waals surface area contributed by atoms with Gasteiger partial charge in [0, 0.05) is 27.3 Å². The lowest BCUT2D eigenvalue weighted by molar-refractivity contribution is -0.141. The van der Waals surface area contributed by atoms with Crippen LogP contribution in [0.5, 0.6) is 0 Å². The van der Waals surface area contributed by atoms with Crippen molar-refractivity contribution in [3.8, 4) is 0 Å². The lowest BCUT2D eigenvalue weighted by atomic mass is 10.1. The number of rotatable bonds is 5. The topological polar surface area (TPSA) is 90.7 Å². The third kappa shape index (κ3) is 4.61. The van der Waals surface area contributed by atoms with E-state index in [1.54, 1.807) is 19.1 Å². The summed E-state index contributed by atoms with van der Waals surface area (Å²) in [5.74, 6) is -0.114. The van der Waals surface area contributed by atoms with E-state index in [0.717, 1.165) is 5.56 Å². The molecule has 1 aliphatic rings. The number of fused-ring (bicyclic) bond motifs is 1. The van der Waals surface area contributed by atoms with Crippen LogP contribution in [-0.2, 0) is 26.0 Å². The number of halogens is 1. The molecule has 26 heavy (non-hydrogen) atoms. The fourth-order valence-electron chi connectivity index (χ4n) is 2.75. The molecule has 0 spiro atoms. The van der Waals surface area contributed by atoms with Gasteiger partial charge in [-0.25, -0.2) is 13.2 Å². The first-order valence-corrected chi connectivity index (χ1v) is 11.2. The molecule has 0 bridgehead atoms. The van der Waals surface area contributed by atoms with E-state index < -0.39 is 21.4 Å². The molecule has 6 nitrogen and oxygen atoms in total. The fourth-order valence-corrected chi connectivity index (χ4v) is 6.35. The van der Waals surface area contributed by atoms with Crippen molar-refractivity contribution in [2.75, 3.05) is 17.3 Å². The number of aryl methyl sites for hydroxylation is 1. The van der Waals surface area contributed by atoms with Crippen LogP contribution in [0.3, 0.4) is 0 Å². The number of hydrogen-bond acceptors (Lipinski definition) is 7. The third-order valence-corrected chi connectivity index (χ3v) is 7.79. The summed E-state index contributed by atoms with van der Waals surface area (Å²) in [5.41, 5.74) is 1.14. The summed E-state index contributed by atoms with van der Waals surface area (Å²) in [4.78, 5) is 23.7. The van der Waals surface area contributed by atoms with Crippen LogP contribution < -0.4 is 5.63 Å². The summed E-state index contributed by atoms with van der Waals surface area (Å²) in [6, 6.07) is 4.62. The van der Waals surface area contributed by atoms with Gasteiger partial charge in [-0.15, -0.1) is 11.8 Å². The van der Waals surface area contributed by atoms with E-state index in [9.17, 15) is 18.0 Å². The Hall–Kier alpha value is -1.51. The molecule has 9 heteroatoms. The maximum absolute atomic E-state index is 12.0. The highest BCUT2D eigenvalue weighted by molar-refractivity contribution is 8.02. The Morgan fingerprint density at radius 2 is 2.15 bits per heavy atom. The molecule has 0 radical (unpaired) electrons. The number of ether oxygens (including phenoxy) is 1. The maximum Gasteiger partial charge on any atom is 0.336 e. The molecular weight excluding hydrogens is 400 g/mol. The lowest BCUT2D eigenvalue weighted by Gasteiger charge is -2.10. The zero-order chi connectivity index (χ0) is 18.9. The predicted molar refractivity (Wildman–Crippen MR) is 102 cm³/mol. The van der Waals surface area contributed by atoms with Crippen molar-refractivity contribution in [2.45, 2.75) is 25.2 Å². The van der Waals surface area contributed by atoms with E-state index >= 15 is 0 Å². The molecule has 0 unspecified atom stereocenters. The first-order chi connectivity index (χ1) is 12.2. The average Bonchev–Trinajstić information content (AvgIpc) is 2.91. The molecule has 1 aliphatic heterocycles. The molecule has 0 saturated carbocycles. The van der Waals surface area contributed by atoms with Crippen LogP contribution in [0.2, 0.25) is 5.02 Å². The molecule has 1 aromatic heterocycles. The van der Waals surface area contributed by atoms with Gasteiger partial charge in [0.1, 0.15) is 12.2 Å². The number of thioether (sulfide) groups is 1. The van der Waals surface area contributed by atoms with Crippen LogP contribution in [0, 0.1) is 6.92 Å². The second-order valence-corrected chi connectivity index (χ2v) is 10.1. The van der Waals surface area contributed by atoms with Gasteiger partial charge in [-0.2, -0.15) is 0 Å². The summed E-state index contributed by atoms with van der Waals surface area (Å²) in [5, 5.41) is 1.07. The molecule has 1 aromatic carbocycles. The second-order valence-electron chi connectivity index (χ2n) is 6.18. The number of sulfone groups is 1. The number of esters is 1. The zero-order valence-electron chi connectivity index (χ0n) is 14.0. The van der Waals surface area contributed by atoms with Crippen molar-refractivity contribution in [1.29, 1.82) is 0 Å². The van der Waals surface area contributed by atoms with Gasteiger partial charge < -0.3 is 9.15 Å². The third-order valence-electron chi connectivity index (χ3n) is 4.13. The van der Waals surface area contributed by atoms with Crippen molar-refractivity contribution in [3.05, 3.63) is 44.8 Å². The molecule has 0 N–H and O–H groups in total. The van der Waals surface area contributed by atoms with Crippen molar-refractivity contribution >= 4 is 50.1 Å². The molecule has 2 heterocycles. The number of benzene rings is 1. The highest BCUT2D eigenvalue weighted by atomic mass is 35.5. The number of carbonyl (C=O) groups is 1. The first-order valence-electron chi connectivity index (χ1n) is 7.94. The Kier molecular flexibility index (Phi) is 5.64. The minimum absolute atomic E-state index is 0.0689. The van der Waals surface area contributed by atoms with Crippen molar-refractivity contribution in [1.82, 2.24) is 0 Å². The fraction of sp³-hybridized carbons (Fsp3) is 0.412. The average molecular weight is 417 g/mol. The normalized spacial score (nSPS) is 18.9. The SMILES string of the molecule is Cc1cc2oc(=O)cc(COC(=O)CS[C@@H]3CCS(=O)(=O)C3)c2cc1Cl. The molecule has 0 aliphatic carbocycles. The van der Waals surface area contributed by atoms with Gasteiger partial charge in [0.25, 0.3) is 0 Å². The summed E-state index contributed by atoms with van der Waals surface area (Å²) in [6.07, 6.45) is 0.558. The molecule has 3 rings (SSSR count). The van der Waals surface area contributed by atoms with Gasteiger partial charge in [-0.05, 0) is 31.0 Å². The van der Waals surface area contributed by atoms with Crippen molar-refractivity contribution in [3.63, 3.8) is 0 Å². The lowest BCUT2D eigenvalue weighted by Crippen LogP contribution is -2.13. The van der Waals surface area contributed by atoms with Crippen LogP contribution in [0.25, 0.3) is 11.0 Å². The summed E-state index contributed by atoms with van der Waals surface area (Å²) in [7, 11) is -2.97. The minimum Gasteiger partial charge on any atom is -0.460 e. The molecule has 1 atom stereocenters. The summed E-state index contributed by atoms with van der Waals surface area (Å²) >= 11 is 7.41. The Bertz CT molecular complexity index is 1010. The predicted octanol–water partition coefficient (Wildman–Crippen LogP) is 2.72. The van der Waals surface area contributed by atoms with Crippen LogP contribution >= 0.6 is 23.4 Å². The van der Waals surface area contributed by atoms with Crippen molar-refractivity contribution < 1.29 is 22.4 Å². The highest BCUT2D eigenvalue weighted by Gasteiger charge is 2.28. The summed E-state index contributed by atoms with van der Waals surface area (Å²) in [6.45, 7) is 1.72. The molecule has 1 saturated heterocycles. The maximum atomic E-state index is 12.0. The van der Waals surface area contributed by atoms with Gasteiger partial charge >= 0.3 is 11.6 Å². The molecule has 2 aromatic rings. The Morgan fingerprint density at radius 1 is 1.38 bits per heavy atom. The van der Waals surface area contributed by atoms with Gasteiger partial charge in [0.15, 0.2) is 9.84 Å². The Balaban J connectivity index is 1.65. The molecule has 140 valence electrons. The van der Waals surface area contributed by atoms with Crippen LogP contribution in [0.1, 0.15) is 17.5 Å². The monoisotopic (exact) mass is 416 g/mol. The van der Waals surface area contributed by atoms with E-state index in [-0.39, 0.29) is 29.1 Å². The van der Waals surface area contributed by atoms with Gasteiger partial charge in [-0.3, -0.25) is 4.79 Å². The van der Waals surface area contributed by atoms with E-state index in [1.165, 1.54) is 17.8 Å². The van der Waals surface area contributed by atoms with E-state index in [0.29, 0.717) is 28.0 Å². The standard InChI is InChI=1S/C17H17ClO6S2/c1-10-4-15-13(6-14(10)18)11(5-16(19)24-15)7-23-17(20)8-25-12-2-3-26(21,22)9-12/h4-6,12H,2-3,7-9H2,1H3/t12-/m1/s1.